The lowest BCUT2D eigenvalue weighted by Gasteiger charge is -2.31. The maximum atomic E-state index is 13.6. The van der Waals surface area contributed by atoms with E-state index in [1.807, 2.05) is 77.7 Å². The summed E-state index contributed by atoms with van der Waals surface area (Å²) in [6, 6.07) is 15.6. The van der Waals surface area contributed by atoms with Gasteiger partial charge in [-0.1, -0.05) is 78.9 Å². The molecule has 0 aromatic heterocycles. The molecule has 0 bridgehead atoms. The molecule has 0 fully saturated rings. The van der Waals surface area contributed by atoms with E-state index in [4.69, 9.17) is 4.55 Å². The molecule has 1 unspecified atom stereocenters. The van der Waals surface area contributed by atoms with E-state index in [-0.39, 0.29) is 28.7 Å². The van der Waals surface area contributed by atoms with Crippen molar-refractivity contribution in [2.45, 2.75) is 44.4 Å². The molecular formula is C37H37N2O7S-. The fraction of sp³-hybridized carbons (Fsp3) is 0.270. The molecular weight excluding hydrogens is 616 g/mol. The van der Waals surface area contributed by atoms with Gasteiger partial charge in [0.25, 0.3) is 10.1 Å². The van der Waals surface area contributed by atoms with Crippen LogP contribution in [0.5, 0.6) is 0 Å². The molecule has 9 nitrogen and oxygen atoms in total. The molecule has 0 spiro atoms. The Morgan fingerprint density at radius 3 is 2.45 bits per heavy atom. The fourth-order valence-corrected chi connectivity index (χ4v) is 6.67. The fourth-order valence-electron chi connectivity index (χ4n) is 6.10. The molecule has 3 aliphatic rings. The van der Waals surface area contributed by atoms with Crippen LogP contribution in [0.15, 0.2) is 107 Å². The van der Waals surface area contributed by atoms with Crippen LogP contribution in [0.1, 0.15) is 61.1 Å². The number of ketones is 2. The molecule has 1 aliphatic heterocycles. The number of hydrogen-bond acceptors (Lipinski definition) is 7. The first-order valence-electron chi connectivity index (χ1n) is 15.7. The van der Waals surface area contributed by atoms with Crippen molar-refractivity contribution in [3.8, 4) is 0 Å². The Kier molecular flexibility index (Phi) is 10.5. The quantitative estimate of drug-likeness (QED) is 0.152. The second-order valence-corrected chi connectivity index (χ2v) is 13.3. The highest BCUT2D eigenvalue weighted by Gasteiger charge is 2.31. The zero-order chi connectivity index (χ0) is 33.6. The van der Waals surface area contributed by atoms with Crippen molar-refractivity contribution in [1.29, 1.82) is 0 Å². The lowest BCUT2D eigenvalue weighted by Crippen LogP contribution is -2.27. The summed E-state index contributed by atoms with van der Waals surface area (Å²) in [6.07, 6.45) is 15.3. The number of para-hydroxylation sites is 1. The van der Waals surface area contributed by atoms with Crippen molar-refractivity contribution < 1.29 is 32.5 Å². The highest BCUT2D eigenvalue weighted by molar-refractivity contribution is 7.85. The summed E-state index contributed by atoms with van der Waals surface area (Å²) in [5, 5.41) is 16.2. The van der Waals surface area contributed by atoms with Gasteiger partial charge in [0.05, 0.1) is 5.75 Å². The summed E-state index contributed by atoms with van der Waals surface area (Å²) >= 11 is 0. The summed E-state index contributed by atoms with van der Waals surface area (Å²) in [7, 11) is -2.44. The highest BCUT2D eigenvalue weighted by Crippen LogP contribution is 2.35. The number of hydrogen-bond donors (Lipinski definition) is 2. The second-order valence-electron chi connectivity index (χ2n) is 11.7. The monoisotopic (exact) mass is 653 g/mol. The van der Waals surface area contributed by atoms with Crippen LogP contribution >= 0.6 is 0 Å². The van der Waals surface area contributed by atoms with E-state index in [1.165, 1.54) is 12.2 Å². The largest absolute Gasteiger partial charge is 0.871 e. The van der Waals surface area contributed by atoms with E-state index >= 15 is 0 Å². The minimum atomic E-state index is -4.03. The summed E-state index contributed by atoms with van der Waals surface area (Å²) in [5.74, 6) is -2.68. The standard InChI is InChI=1S/C37H38N2O7S/c1-38-34(40)14-8-21-39-29(20-19-28-11-3-5-13-33(28)39)24-32-35(41)31(36(42)37(32)43)23-25-15-17-26-9-2-4-12-30(26)27(18-16-25)10-6-7-22-47(44,45)46/h2-5,9,11-13,15-17,19-20,23-24,27,41H,6-8,10,14,18,21-22H2,1H3,(H,38,40)(H,44,45,46)/p-1/b17-15-,25-16-,29-24+,31-23-. The third-order valence-corrected chi connectivity index (χ3v) is 9.36. The number of nitrogens with one attached hydrogen (secondary N) is 1. The Labute approximate surface area is 275 Å². The first kappa shape index (κ1) is 33.6. The van der Waals surface area contributed by atoms with Gasteiger partial charge in [-0.2, -0.15) is 8.42 Å². The second kappa shape index (κ2) is 14.7. The summed E-state index contributed by atoms with van der Waals surface area (Å²) in [6.45, 7) is 0.461. The predicted molar refractivity (Wildman–Crippen MR) is 181 cm³/mol. The molecule has 1 atom stereocenters. The number of benzene rings is 2. The molecule has 2 N–H and O–H groups in total. The summed E-state index contributed by atoms with van der Waals surface area (Å²) < 4.78 is 31.4. The van der Waals surface area contributed by atoms with Gasteiger partial charge in [-0.25, -0.2) is 0 Å². The lowest BCUT2D eigenvalue weighted by molar-refractivity contribution is -0.297. The average Bonchev–Trinajstić information content (AvgIpc) is 3.24. The van der Waals surface area contributed by atoms with E-state index in [0.29, 0.717) is 56.3 Å². The number of carbonyl (C=O) groups excluding carboxylic acids is 3. The van der Waals surface area contributed by atoms with Gasteiger partial charge in [-0.15, -0.1) is 0 Å². The summed E-state index contributed by atoms with van der Waals surface area (Å²) in [5.41, 5.74) is 4.69. The molecule has 1 heterocycles. The van der Waals surface area contributed by atoms with Crippen LogP contribution in [-0.2, 0) is 24.5 Å². The van der Waals surface area contributed by atoms with Crippen molar-refractivity contribution in [2.24, 2.45) is 0 Å². The minimum Gasteiger partial charge on any atom is -0.871 e. The average molecular weight is 654 g/mol. The number of fused-ring (bicyclic) bond motifs is 2. The van der Waals surface area contributed by atoms with Crippen molar-refractivity contribution >= 4 is 45.4 Å². The molecule has 5 rings (SSSR count). The van der Waals surface area contributed by atoms with E-state index < -0.39 is 27.4 Å². The van der Waals surface area contributed by atoms with Crippen molar-refractivity contribution in [3.05, 3.63) is 124 Å². The molecule has 0 saturated carbocycles. The Hall–Kier alpha value is -4.80. The van der Waals surface area contributed by atoms with Gasteiger partial charge in [0.1, 0.15) is 0 Å². The SMILES string of the molecule is CNC(=O)CCCN1/C(=C/C2=C([O-])C(=C/C3=C\CC(CCCCS(=O)(=O)O)c4ccccc4/C=C\3)/C(=O)C2=O)C=Cc2ccccc21. The summed E-state index contributed by atoms with van der Waals surface area (Å²) in [4.78, 5) is 40.2. The van der Waals surface area contributed by atoms with Crippen molar-refractivity contribution in [2.75, 3.05) is 24.2 Å². The van der Waals surface area contributed by atoms with Gasteiger partial charge in [-0.3, -0.25) is 18.9 Å². The van der Waals surface area contributed by atoms with Gasteiger partial charge < -0.3 is 15.3 Å². The van der Waals surface area contributed by atoms with Gasteiger partial charge in [-0.05, 0) is 78.2 Å². The number of rotatable bonds is 11. The number of allylic oxidation sites excluding steroid dienone is 8. The first-order valence-corrected chi connectivity index (χ1v) is 17.3. The van der Waals surface area contributed by atoms with Gasteiger partial charge in [0, 0.05) is 42.5 Å². The predicted octanol–water partition coefficient (Wildman–Crippen LogP) is 4.81. The molecule has 244 valence electrons. The normalized spacial score (nSPS) is 21.3. The Balaban J connectivity index is 1.43. The highest BCUT2D eigenvalue weighted by atomic mass is 32.2. The minimum absolute atomic E-state index is 0.0461. The van der Waals surface area contributed by atoms with E-state index in [9.17, 15) is 27.9 Å². The number of unbranched alkanes of at least 4 members (excludes halogenated alkanes) is 1. The topological polar surface area (TPSA) is 144 Å². The van der Waals surface area contributed by atoms with E-state index in [2.05, 4.69) is 5.32 Å². The number of carbonyl (C=O) groups is 3. The zero-order valence-corrected chi connectivity index (χ0v) is 27.0. The molecule has 2 aliphatic carbocycles. The van der Waals surface area contributed by atoms with Crippen LogP contribution in [0.3, 0.4) is 0 Å². The van der Waals surface area contributed by atoms with E-state index in [0.717, 1.165) is 22.4 Å². The zero-order valence-electron chi connectivity index (χ0n) is 26.1. The van der Waals surface area contributed by atoms with Crippen LogP contribution in [-0.4, -0.2) is 49.8 Å². The number of Topliss-reactive ketones (excluding diaryl/α,β-unsaturated/α-hetero) is 2. The van der Waals surface area contributed by atoms with Crippen LogP contribution in [0.4, 0.5) is 5.69 Å². The van der Waals surface area contributed by atoms with E-state index in [1.54, 1.807) is 13.1 Å². The number of nitrogens with zero attached hydrogens (tertiary/aromatic N) is 1. The Morgan fingerprint density at radius 2 is 1.68 bits per heavy atom. The Morgan fingerprint density at radius 1 is 0.957 bits per heavy atom. The maximum Gasteiger partial charge on any atom is 0.264 e. The van der Waals surface area contributed by atoms with Crippen LogP contribution < -0.4 is 15.3 Å². The van der Waals surface area contributed by atoms with Gasteiger partial charge in [0.15, 0.2) is 0 Å². The molecule has 0 saturated heterocycles. The third kappa shape index (κ3) is 8.14. The smallest absolute Gasteiger partial charge is 0.264 e. The van der Waals surface area contributed by atoms with Crippen molar-refractivity contribution in [1.82, 2.24) is 5.32 Å². The molecule has 47 heavy (non-hydrogen) atoms. The number of anilines is 1. The molecule has 1 amide bonds. The third-order valence-electron chi connectivity index (χ3n) is 8.56. The molecule has 10 heteroatoms. The van der Waals surface area contributed by atoms with Gasteiger partial charge in [0.2, 0.25) is 17.5 Å². The van der Waals surface area contributed by atoms with Gasteiger partial charge >= 0.3 is 0 Å². The lowest BCUT2D eigenvalue weighted by atomic mass is 9.85. The van der Waals surface area contributed by atoms with Crippen LogP contribution in [0.25, 0.3) is 12.2 Å². The number of amides is 1. The van der Waals surface area contributed by atoms with Crippen molar-refractivity contribution in [3.63, 3.8) is 0 Å². The molecule has 2 aromatic rings. The molecule has 0 radical (unpaired) electrons. The first-order chi connectivity index (χ1) is 22.6. The maximum absolute atomic E-state index is 13.6. The van der Waals surface area contributed by atoms with Crippen LogP contribution in [0, 0.1) is 0 Å². The molecule has 2 aromatic carbocycles. The van der Waals surface area contributed by atoms with Crippen LogP contribution in [0.2, 0.25) is 0 Å². The Bertz CT molecular complexity index is 1880.